The highest BCUT2D eigenvalue weighted by Gasteiger charge is 2.20. The quantitative estimate of drug-likeness (QED) is 0.729. The summed E-state index contributed by atoms with van der Waals surface area (Å²) in [4.78, 5) is 16.8. The molecule has 148 valence electrons. The predicted molar refractivity (Wildman–Crippen MR) is 115 cm³/mol. The molecule has 4 rings (SSSR count). The number of hydrogen-bond acceptors (Lipinski definition) is 5. The number of likely N-dealkylation sites (N-methyl/N-ethyl adjacent to an activating group) is 1. The fourth-order valence-electron chi connectivity index (χ4n) is 3.34. The molecule has 1 saturated heterocycles. The van der Waals surface area contributed by atoms with Crippen LogP contribution < -0.4 is 5.32 Å². The second-order valence-corrected chi connectivity index (χ2v) is 7.32. The summed E-state index contributed by atoms with van der Waals surface area (Å²) in [5, 5.41) is 11.9. The summed E-state index contributed by atoms with van der Waals surface area (Å²) in [6, 6.07) is 21.7. The summed E-state index contributed by atoms with van der Waals surface area (Å²) in [5.74, 6) is 0.829. The second kappa shape index (κ2) is 8.84. The Bertz CT molecular complexity index is 933. The van der Waals surface area contributed by atoms with Crippen molar-refractivity contribution in [3.63, 3.8) is 0 Å². The lowest BCUT2D eigenvalue weighted by Crippen LogP contribution is -2.47. The SMILES string of the molecule is CN1CCN(C(=O)c2ccc(-c3ccc(NCc4ccccc4)nn3)cc2)CC1. The van der Waals surface area contributed by atoms with Gasteiger partial charge in [-0.05, 0) is 36.9 Å². The molecule has 0 atom stereocenters. The van der Waals surface area contributed by atoms with E-state index in [1.54, 1.807) is 0 Å². The Morgan fingerprint density at radius 2 is 1.62 bits per heavy atom. The number of nitrogens with zero attached hydrogens (tertiary/aromatic N) is 4. The molecule has 6 heteroatoms. The van der Waals surface area contributed by atoms with Crippen molar-refractivity contribution in [3.8, 4) is 11.3 Å². The van der Waals surface area contributed by atoms with Crippen LogP contribution in [0.15, 0.2) is 66.7 Å². The summed E-state index contributed by atoms with van der Waals surface area (Å²) in [5.41, 5.74) is 3.64. The maximum absolute atomic E-state index is 12.7. The molecule has 0 spiro atoms. The van der Waals surface area contributed by atoms with Gasteiger partial charge in [-0.1, -0.05) is 42.5 Å². The number of nitrogens with one attached hydrogen (secondary N) is 1. The molecular weight excluding hydrogens is 362 g/mol. The molecule has 1 aliphatic heterocycles. The van der Waals surface area contributed by atoms with Crippen molar-refractivity contribution in [3.05, 3.63) is 77.9 Å². The summed E-state index contributed by atoms with van der Waals surface area (Å²) >= 11 is 0. The van der Waals surface area contributed by atoms with Crippen LogP contribution in [0.1, 0.15) is 15.9 Å². The van der Waals surface area contributed by atoms with Crippen molar-refractivity contribution in [2.45, 2.75) is 6.54 Å². The first kappa shape index (κ1) is 19.1. The highest BCUT2D eigenvalue weighted by molar-refractivity contribution is 5.94. The molecule has 2 aromatic carbocycles. The van der Waals surface area contributed by atoms with Crippen LogP contribution in [0.3, 0.4) is 0 Å². The molecule has 1 N–H and O–H groups in total. The molecule has 1 amide bonds. The number of rotatable bonds is 5. The number of piperazine rings is 1. The lowest BCUT2D eigenvalue weighted by atomic mass is 10.1. The molecule has 6 nitrogen and oxygen atoms in total. The smallest absolute Gasteiger partial charge is 0.253 e. The molecule has 1 fully saturated rings. The Balaban J connectivity index is 1.38. The number of carbonyl (C=O) groups is 1. The highest BCUT2D eigenvalue weighted by atomic mass is 16.2. The van der Waals surface area contributed by atoms with E-state index in [1.807, 2.05) is 59.5 Å². The van der Waals surface area contributed by atoms with Crippen molar-refractivity contribution >= 4 is 11.7 Å². The van der Waals surface area contributed by atoms with Gasteiger partial charge in [0, 0.05) is 43.9 Å². The van der Waals surface area contributed by atoms with Crippen LogP contribution in [0.5, 0.6) is 0 Å². The van der Waals surface area contributed by atoms with E-state index in [0.29, 0.717) is 12.1 Å². The van der Waals surface area contributed by atoms with Gasteiger partial charge in [0.05, 0.1) is 5.69 Å². The van der Waals surface area contributed by atoms with Crippen LogP contribution in [-0.2, 0) is 6.54 Å². The molecule has 0 aliphatic carbocycles. The number of aromatic nitrogens is 2. The standard InChI is InChI=1S/C23H25N5O/c1-27-13-15-28(16-14-27)23(29)20-9-7-19(8-10-20)21-11-12-22(26-25-21)24-17-18-5-3-2-4-6-18/h2-12H,13-17H2,1H3,(H,24,26). The zero-order valence-electron chi connectivity index (χ0n) is 16.6. The van der Waals surface area contributed by atoms with E-state index >= 15 is 0 Å². The molecule has 0 saturated carbocycles. The van der Waals surface area contributed by atoms with Gasteiger partial charge in [-0.15, -0.1) is 10.2 Å². The van der Waals surface area contributed by atoms with E-state index in [9.17, 15) is 4.79 Å². The monoisotopic (exact) mass is 387 g/mol. The van der Waals surface area contributed by atoms with E-state index < -0.39 is 0 Å². The predicted octanol–water partition coefficient (Wildman–Crippen LogP) is 3.14. The van der Waals surface area contributed by atoms with E-state index in [-0.39, 0.29) is 5.91 Å². The fraction of sp³-hybridized carbons (Fsp3) is 0.261. The van der Waals surface area contributed by atoms with Gasteiger partial charge in [-0.2, -0.15) is 0 Å². The highest BCUT2D eigenvalue weighted by Crippen LogP contribution is 2.19. The van der Waals surface area contributed by atoms with Gasteiger partial charge in [0.15, 0.2) is 0 Å². The van der Waals surface area contributed by atoms with Crippen LogP contribution in [0.2, 0.25) is 0 Å². The minimum absolute atomic E-state index is 0.0937. The lowest BCUT2D eigenvalue weighted by molar-refractivity contribution is 0.0664. The van der Waals surface area contributed by atoms with Crippen molar-refractivity contribution in [2.24, 2.45) is 0 Å². The number of amides is 1. The molecule has 2 heterocycles. The van der Waals surface area contributed by atoms with Crippen LogP contribution in [0.4, 0.5) is 5.82 Å². The average Bonchev–Trinajstić information content (AvgIpc) is 2.79. The van der Waals surface area contributed by atoms with Gasteiger partial charge >= 0.3 is 0 Å². The maximum atomic E-state index is 12.7. The molecule has 0 unspecified atom stereocenters. The molecule has 1 aliphatic rings. The fourth-order valence-corrected chi connectivity index (χ4v) is 3.34. The largest absolute Gasteiger partial charge is 0.365 e. The molecule has 3 aromatic rings. The van der Waals surface area contributed by atoms with Crippen LogP contribution in [-0.4, -0.2) is 59.1 Å². The van der Waals surface area contributed by atoms with Gasteiger partial charge in [-0.3, -0.25) is 4.79 Å². The first-order valence-corrected chi connectivity index (χ1v) is 9.89. The minimum atomic E-state index is 0.0937. The molecule has 0 bridgehead atoms. The van der Waals surface area contributed by atoms with Crippen LogP contribution >= 0.6 is 0 Å². The Hall–Kier alpha value is -3.25. The number of benzene rings is 2. The zero-order valence-corrected chi connectivity index (χ0v) is 16.6. The number of carbonyl (C=O) groups excluding carboxylic acids is 1. The second-order valence-electron chi connectivity index (χ2n) is 7.32. The Labute approximate surface area is 171 Å². The molecular formula is C23H25N5O. The number of hydrogen-bond donors (Lipinski definition) is 1. The van der Waals surface area contributed by atoms with E-state index in [2.05, 4.69) is 39.6 Å². The minimum Gasteiger partial charge on any atom is -0.365 e. The van der Waals surface area contributed by atoms with E-state index in [0.717, 1.165) is 43.3 Å². The van der Waals surface area contributed by atoms with Gasteiger partial charge in [-0.25, -0.2) is 0 Å². The van der Waals surface area contributed by atoms with Gasteiger partial charge in [0.25, 0.3) is 5.91 Å². The van der Waals surface area contributed by atoms with Gasteiger partial charge < -0.3 is 15.1 Å². The third-order valence-electron chi connectivity index (χ3n) is 5.20. The normalized spacial score (nSPS) is 14.6. The Kier molecular flexibility index (Phi) is 5.81. The van der Waals surface area contributed by atoms with Gasteiger partial charge in [0.2, 0.25) is 0 Å². The lowest BCUT2D eigenvalue weighted by Gasteiger charge is -2.32. The topological polar surface area (TPSA) is 61.4 Å². The Morgan fingerprint density at radius 3 is 2.28 bits per heavy atom. The molecule has 0 radical (unpaired) electrons. The Morgan fingerprint density at radius 1 is 0.897 bits per heavy atom. The van der Waals surface area contributed by atoms with Crippen LogP contribution in [0.25, 0.3) is 11.3 Å². The van der Waals surface area contributed by atoms with E-state index in [1.165, 1.54) is 5.56 Å². The zero-order chi connectivity index (χ0) is 20.1. The number of anilines is 1. The van der Waals surface area contributed by atoms with Crippen molar-refractivity contribution < 1.29 is 4.79 Å². The molecule has 1 aromatic heterocycles. The van der Waals surface area contributed by atoms with Crippen molar-refractivity contribution in [1.82, 2.24) is 20.0 Å². The molecule has 29 heavy (non-hydrogen) atoms. The average molecular weight is 387 g/mol. The van der Waals surface area contributed by atoms with Crippen molar-refractivity contribution in [1.29, 1.82) is 0 Å². The van der Waals surface area contributed by atoms with Gasteiger partial charge in [0.1, 0.15) is 5.82 Å². The maximum Gasteiger partial charge on any atom is 0.253 e. The first-order valence-electron chi connectivity index (χ1n) is 9.89. The summed E-state index contributed by atoms with van der Waals surface area (Å²) in [7, 11) is 2.08. The summed E-state index contributed by atoms with van der Waals surface area (Å²) in [6.45, 7) is 4.10. The van der Waals surface area contributed by atoms with Crippen LogP contribution in [0, 0.1) is 0 Å². The van der Waals surface area contributed by atoms with Crippen molar-refractivity contribution in [2.75, 3.05) is 38.5 Å². The third-order valence-corrected chi connectivity index (χ3v) is 5.20. The third kappa shape index (κ3) is 4.78. The summed E-state index contributed by atoms with van der Waals surface area (Å²) in [6.07, 6.45) is 0. The van der Waals surface area contributed by atoms with E-state index in [4.69, 9.17) is 0 Å². The summed E-state index contributed by atoms with van der Waals surface area (Å²) < 4.78 is 0. The first-order chi connectivity index (χ1) is 14.2.